The monoisotopic (exact) mass is 233 g/mol. The number of nitrogens with zero attached hydrogens (tertiary/aromatic N) is 2. The Labute approximate surface area is 99.1 Å². The van der Waals surface area contributed by atoms with E-state index in [2.05, 4.69) is 10.2 Å². The van der Waals surface area contributed by atoms with Gasteiger partial charge in [-0.05, 0) is 12.5 Å². The van der Waals surface area contributed by atoms with Crippen LogP contribution in [0.3, 0.4) is 0 Å². The zero-order valence-corrected chi connectivity index (χ0v) is 9.88. The minimum Gasteiger partial charge on any atom is -0.366 e. The van der Waals surface area contributed by atoms with Crippen molar-refractivity contribution in [3.63, 3.8) is 0 Å². The Morgan fingerprint density at radius 2 is 2.12 bits per heavy atom. The molecule has 0 aliphatic heterocycles. The van der Waals surface area contributed by atoms with E-state index in [1.54, 1.807) is 7.05 Å². The lowest BCUT2D eigenvalue weighted by atomic mass is 10.2. The van der Waals surface area contributed by atoms with Gasteiger partial charge in [-0.3, -0.25) is 4.57 Å². The Kier molecular flexibility index (Phi) is 3.39. The minimum absolute atomic E-state index is 0.223. The molecule has 1 N–H and O–H groups in total. The van der Waals surface area contributed by atoms with Crippen LogP contribution in [0.5, 0.6) is 0 Å². The van der Waals surface area contributed by atoms with Crippen LogP contribution in [0, 0.1) is 0 Å². The van der Waals surface area contributed by atoms with Crippen molar-refractivity contribution >= 4 is 0 Å². The number of ether oxygens (including phenoxy) is 1. The third-order valence-corrected chi connectivity index (χ3v) is 2.62. The molecule has 0 amide bonds. The molecule has 0 spiro atoms. The maximum atomic E-state index is 11.2. The van der Waals surface area contributed by atoms with Crippen LogP contribution in [0.15, 0.2) is 35.1 Å². The Bertz CT molecular complexity index is 530. The number of hydrogen-bond donors (Lipinski definition) is 1. The van der Waals surface area contributed by atoms with Gasteiger partial charge >= 0.3 is 5.69 Å². The first-order valence-corrected chi connectivity index (χ1v) is 5.45. The summed E-state index contributed by atoms with van der Waals surface area (Å²) in [5.74, 6) is 0.603. The molecular weight excluding hydrogens is 218 g/mol. The second-order valence-electron chi connectivity index (χ2n) is 3.88. The molecule has 5 heteroatoms. The van der Waals surface area contributed by atoms with Gasteiger partial charge in [-0.2, -0.15) is 5.10 Å². The highest BCUT2D eigenvalue weighted by Crippen LogP contribution is 2.14. The highest BCUT2D eigenvalue weighted by molar-refractivity contribution is 5.13. The third kappa shape index (κ3) is 2.62. The summed E-state index contributed by atoms with van der Waals surface area (Å²) < 4.78 is 7.12. The SMILES string of the molecule is CC(OCc1ccccc1)c1n[nH]c(=O)n1C. The zero-order chi connectivity index (χ0) is 12.3. The van der Waals surface area contributed by atoms with Gasteiger partial charge in [0.25, 0.3) is 0 Å². The number of aromatic amines is 1. The zero-order valence-electron chi connectivity index (χ0n) is 9.88. The van der Waals surface area contributed by atoms with Crippen molar-refractivity contribution in [2.75, 3.05) is 0 Å². The summed E-state index contributed by atoms with van der Waals surface area (Å²) in [6.45, 7) is 2.38. The van der Waals surface area contributed by atoms with Gasteiger partial charge in [-0.25, -0.2) is 9.89 Å². The van der Waals surface area contributed by atoms with Crippen molar-refractivity contribution < 1.29 is 4.74 Å². The summed E-state index contributed by atoms with van der Waals surface area (Å²) in [4.78, 5) is 11.2. The summed E-state index contributed by atoms with van der Waals surface area (Å²) >= 11 is 0. The molecule has 1 atom stereocenters. The molecule has 0 aliphatic carbocycles. The van der Waals surface area contributed by atoms with Gasteiger partial charge in [0.05, 0.1) is 6.61 Å². The lowest BCUT2D eigenvalue weighted by Crippen LogP contribution is -2.16. The highest BCUT2D eigenvalue weighted by Gasteiger charge is 2.13. The molecule has 1 unspecified atom stereocenters. The van der Waals surface area contributed by atoms with Crippen LogP contribution in [0.4, 0.5) is 0 Å². The number of aromatic nitrogens is 3. The fourth-order valence-corrected chi connectivity index (χ4v) is 1.59. The molecule has 1 aromatic heterocycles. The van der Waals surface area contributed by atoms with Gasteiger partial charge in [0, 0.05) is 7.05 Å². The fourth-order valence-electron chi connectivity index (χ4n) is 1.59. The Hall–Kier alpha value is -1.88. The van der Waals surface area contributed by atoms with Gasteiger partial charge in [0.1, 0.15) is 6.10 Å². The minimum atomic E-state index is -0.227. The molecule has 90 valence electrons. The van der Waals surface area contributed by atoms with Crippen molar-refractivity contribution in [2.45, 2.75) is 19.6 Å². The molecule has 1 aromatic carbocycles. The van der Waals surface area contributed by atoms with Crippen molar-refractivity contribution in [1.29, 1.82) is 0 Å². The van der Waals surface area contributed by atoms with Gasteiger partial charge in [-0.1, -0.05) is 30.3 Å². The van der Waals surface area contributed by atoms with Gasteiger partial charge in [0.15, 0.2) is 5.82 Å². The third-order valence-electron chi connectivity index (χ3n) is 2.62. The molecule has 17 heavy (non-hydrogen) atoms. The van der Waals surface area contributed by atoms with Crippen LogP contribution in [0.2, 0.25) is 0 Å². The predicted octanol–water partition coefficient (Wildman–Crippen LogP) is 1.39. The molecule has 0 radical (unpaired) electrons. The van der Waals surface area contributed by atoms with Crippen LogP contribution in [0.25, 0.3) is 0 Å². The standard InChI is InChI=1S/C12H15N3O2/c1-9(11-13-14-12(16)15(11)2)17-8-10-6-4-3-5-7-10/h3-7,9H,8H2,1-2H3,(H,14,16). The number of H-pyrrole nitrogens is 1. The van der Waals surface area contributed by atoms with E-state index in [4.69, 9.17) is 4.74 Å². The van der Waals surface area contributed by atoms with E-state index in [0.29, 0.717) is 12.4 Å². The van der Waals surface area contributed by atoms with Crippen molar-refractivity contribution in [2.24, 2.45) is 7.05 Å². The summed E-state index contributed by atoms with van der Waals surface area (Å²) in [5.41, 5.74) is 0.870. The van der Waals surface area contributed by atoms with Crippen molar-refractivity contribution in [3.05, 3.63) is 52.2 Å². The highest BCUT2D eigenvalue weighted by atomic mass is 16.5. The van der Waals surface area contributed by atoms with Crippen LogP contribution in [-0.2, 0) is 18.4 Å². The molecule has 2 rings (SSSR count). The largest absolute Gasteiger partial charge is 0.366 e. The number of nitrogens with one attached hydrogen (secondary N) is 1. The first kappa shape index (κ1) is 11.6. The first-order valence-electron chi connectivity index (χ1n) is 5.45. The Balaban J connectivity index is 2.01. The smallest absolute Gasteiger partial charge is 0.343 e. The van der Waals surface area contributed by atoms with E-state index in [1.807, 2.05) is 37.3 Å². The molecule has 1 heterocycles. The molecule has 5 nitrogen and oxygen atoms in total. The fraction of sp³-hybridized carbons (Fsp3) is 0.333. The van der Waals surface area contributed by atoms with E-state index < -0.39 is 0 Å². The molecule has 0 bridgehead atoms. The molecule has 0 saturated carbocycles. The van der Waals surface area contributed by atoms with Gasteiger partial charge in [0.2, 0.25) is 0 Å². The first-order chi connectivity index (χ1) is 8.18. The van der Waals surface area contributed by atoms with Crippen molar-refractivity contribution in [3.8, 4) is 0 Å². The molecule has 2 aromatic rings. The van der Waals surface area contributed by atoms with E-state index in [0.717, 1.165) is 5.56 Å². The maximum Gasteiger partial charge on any atom is 0.343 e. The maximum absolute atomic E-state index is 11.2. The van der Waals surface area contributed by atoms with E-state index >= 15 is 0 Å². The van der Waals surface area contributed by atoms with Gasteiger partial charge in [-0.15, -0.1) is 0 Å². The Morgan fingerprint density at radius 3 is 2.71 bits per heavy atom. The van der Waals surface area contributed by atoms with Crippen LogP contribution >= 0.6 is 0 Å². The molecular formula is C12H15N3O2. The second kappa shape index (κ2) is 4.97. The quantitative estimate of drug-likeness (QED) is 0.868. The normalized spacial score (nSPS) is 12.6. The van der Waals surface area contributed by atoms with Crippen LogP contribution < -0.4 is 5.69 Å². The molecule has 0 fully saturated rings. The predicted molar refractivity (Wildman–Crippen MR) is 63.5 cm³/mol. The molecule has 0 aliphatic rings. The lowest BCUT2D eigenvalue weighted by molar-refractivity contribution is 0.0446. The topological polar surface area (TPSA) is 59.9 Å². The van der Waals surface area contributed by atoms with E-state index in [9.17, 15) is 4.79 Å². The Morgan fingerprint density at radius 1 is 1.41 bits per heavy atom. The van der Waals surface area contributed by atoms with Crippen molar-refractivity contribution in [1.82, 2.24) is 14.8 Å². The summed E-state index contributed by atoms with van der Waals surface area (Å²) in [5, 5.41) is 6.32. The van der Waals surface area contributed by atoms with Crippen LogP contribution in [-0.4, -0.2) is 14.8 Å². The summed E-state index contributed by atoms with van der Waals surface area (Å²) in [6, 6.07) is 9.89. The van der Waals surface area contributed by atoms with E-state index in [1.165, 1.54) is 4.57 Å². The summed E-state index contributed by atoms with van der Waals surface area (Å²) in [6.07, 6.45) is -0.223. The van der Waals surface area contributed by atoms with E-state index in [-0.39, 0.29) is 11.8 Å². The molecule has 0 saturated heterocycles. The average molecular weight is 233 g/mol. The van der Waals surface area contributed by atoms with Crippen LogP contribution in [0.1, 0.15) is 24.4 Å². The number of benzene rings is 1. The number of rotatable bonds is 4. The number of hydrogen-bond acceptors (Lipinski definition) is 3. The summed E-state index contributed by atoms with van der Waals surface area (Å²) in [7, 11) is 1.67. The lowest BCUT2D eigenvalue weighted by Gasteiger charge is -2.11. The average Bonchev–Trinajstić information content (AvgIpc) is 2.69. The second-order valence-corrected chi connectivity index (χ2v) is 3.88. The van der Waals surface area contributed by atoms with Gasteiger partial charge < -0.3 is 4.74 Å².